The molecule has 160 valence electrons. The Morgan fingerprint density at radius 1 is 0.545 bits per heavy atom. The smallest absolute Gasteiger partial charge is 0.161 e. The second-order valence-corrected chi connectivity index (χ2v) is 12.2. The molecule has 0 fully saturated rings. The van der Waals surface area contributed by atoms with Crippen LogP contribution in [0, 0.1) is 0 Å². The molecule has 2 heterocycles. The van der Waals surface area contributed by atoms with E-state index in [9.17, 15) is 0 Å². The molecule has 0 N–H and O–H groups in total. The van der Waals surface area contributed by atoms with E-state index in [4.69, 9.17) is 9.97 Å². The van der Waals surface area contributed by atoms with Crippen LogP contribution >= 0.6 is 10.0 Å². The molecule has 6 rings (SSSR count). The molecule has 5 aromatic rings. The second kappa shape index (κ2) is 7.72. The van der Waals surface area contributed by atoms with Crippen LogP contribution in [0.15, 0.2) is 119 Å². The number of hydrogen-bond acceptors (Lipinski definition) is 2. The molecule has 2 nitrogen and oxygen atoms in total. The zero-order valence-electron chi connectivity index (χ0n) is 18.7. The summed E-state index contributed by atoms with van der Waals surface area (Å²) >= 11 is 0. The summed E-state index contributed by atoms with van der Waals surface area (Å²) in [5, 5.41) is 1.18. The van der Waals surface area contributed by atoms with Crippen LogP contribution in [0.5, 0.6) is 0 Å². The lowest BCUT2D eigenvalue weighted by Gasteiger charge is -2.27. The maximum atomic E-state index is 5.19. The van der Waals surface area contributed by atoms with E-state index in [2.05, 4.69) is 104 Å². The first-order valence-corrected chi connectivity index (χ1v) is 13.5. The molecular weight excluding hydrogens is 420 g/mol. The first-order valence-electron chi connectivity index (χ1n) is 11.1. The Hall–Kier alpha value is -3.69. The summed E-state index contributed by atoms with van der Waals surface area (Å²) in [6.07, 6.45) is 4.70. The largest absolute Gasteiger partial charge is 0.227 e. The molecule has 3 heteroatoms. The summed E-state index contributed by atoms with van der Waals surface area (Å²) in [4.78, 5) is 11.8. The van der Waals surface area contributed by atoms with Gasteiger partial charge in [0.2, 0.25) is 0 Å². The molecule has 0 amide bonds. The molecule has 4 aromatic carbocycles. The lowest BCUT2D eigenvalue weighted by atomic mass is 9.97. The first kappa shape index (κ1) is 20.0. The fraction of sp³-hybridized carbons (Fsp3) is 0.0667. The zero-order chi connectivity index (χ0) is 22.4. The zero-order valence-corrected chi connectivity index (χ0v) is 19.5. The number of rotatable bonds is 3. The van der Waals surface area contributed by atoms with E-state index < -0.39 is 10.0 Å². The third-order valence-corrected chi connectivity index (χ3v) is 9.06. The van der Waals surface area contributed by atoms with Crippen LogP contribution < -0.4 is 0 Å². The summed E-state index contributed by atoms with van der Waals surface area (Å²) in [7, 11) is -1.24. The number of aromatic nitrogens is 2. The van der Waals surface area contributed by atoms with Gasteiger partial charge in [-0.05, 0) is 41.3 Å². The van der Waals surface area contributed by atoms with Gasteiger partial charge in [0, 0.05) is 21.6 Å². The van der Waals surface area contributed by atoms with E-state index in [-0.39, 0.29) is 0 Å². The van der Waals surface area contributed by atoms with E-state index in [1.165, 1.54) is 32.2 Å². The van der Waals surface area contributed by atoms with Crippen molar-refractivity contribution >= 4 is 10.0 Å². The van der Waals surface area contributed by atoms with Crippen molar-refractivity contribution in [1.29, 1.82) is 0 Å². The van der Waals surface area contributed by atoms with Crippen LogP contribution in [0.1, 0.15) is 0 Å². The van der Waals surface area contributed by atoms with Gasteiger partial charge in [-0.25, -0.2) is 9.97 Å². The predicted molar refractivity (Wildman–Crippen MR) is 140 cm³/mol. The maximum Gasteiger partial charge on any atom is 0.161 e. The van der Waals surface area contributed by atoms with Crippen LogP contribution in [-0.4, -0.2) is 22.5 Å². The standard InChI is InChI=1S/C30H24N2S/c1-33(2)26-19-10-9-18-25(26)27-28(31-29(32-30(27)33)22-14-7-4-8-15-22)24-17-11-16-23(20-24)21-12-5-3-6-13-21/h3-20H,1-2H3. The van der Waals surface area contributed by atoms with Crippen LogP contribution in [0.4, 0.5) is 0 Å². The Morgan fingerprint density at radius 2 is 1.15 bits per heavy atom. The van der Waals surface area contributed by atoms with Gasteiger partial charge in [0.05, 0.1) is 10.7 Å². The topological polar surface area (TPSA) is 25.8 Å². The quantitative estimate of drug-likeness (QED) is 0.264. The van der Waals surface area contributed by atoms with Crippen molar-refractivity contribution < 1.29 is 0 Å². The normalized spacial score (nSPS) is 14.4. The Kier molecular flexibility index (Phi) is 4.67. The van der Waals surface area contributed by atoms with E-state index in [1.54, 1.807) is 0 Å². The Bertz CT molecular complexity index is 1470. The molecule has 1 aliphatic rings. The minimum Gasteiger partial charge on any atom is -0.227 e. The highest BCUT2D eigenvalue weighted by molar-refractivity contribution is 8.33. The van der Waals surface area contributed by atoms with Gasteiger partial charge in [-0.3, -0.25) is 0 Å². The Morgan fingerprint density at radius 3 is 1.91 bits per heavy atom. The molecule has 0 bridgehead atoms. The number of hydrogen-bond donors (Lipinski definition) is 0. The average Bonchev–Trinajstić information content (AvgIpc) is 3.12. The van der Waals surface area contributed by atoms with Crippen molar-refractivity contribution in [3.63, 3.8) is 0 Å². The molecule has 0 atom stereocenters. The third kappa shape index (κ3) is 3.28. The highest BCUT2D eigenvalue weighted by atomic mass is 32.3. The summed E-state index contributed by atoms with van der Waals surface area (Å²) in [6.45, 7) is 0. The second-order valence-electron chi connectivity index (χ2n) is 8.71. The maximum absolute atomic E-state index is 5.19. The van der Waals surface area contributed by atoms with Crippen molar-refractivity contribution in [1.82, 2.24) is 9.97 Å². The summed E-state index contributed by atoms with van der Waals surface area (Å²) in [5.74, 6) is 0.794. The van der Waals surface area contributed by atoms with E-state index >= 15 is 0 Å². The van der Waals surface area contributed by atoms with Crippen molar-refractivity contribution in [2.45, 2.75) is 9.92 Å². The minimum absolute atomic E-state index is 0.794. The highest BCUT2D eigenvalue weighted by Gasteiger charge is 2.36. The summed E-state index contributed by atoms with van der Waals surface area (Å²) < 4.78 is 0. The van der Waals surface area contributed by atoms with E-state index in [1.807, 2.05) is 18.2 Å². The molecule has 33 heavy (non-hydrogen) atoms. The van der Waals surface area contributed by atoms with Crippen LogP contribution in [0.2, 0.25) is 0 Å². The Labute approximate surface area is 196 Å². The SMILES string of the molecule is CS1(C)c2ccccc2-c2c(-c3cccc(-c4ccccc4)c3)nc(-c3ccccc3)nc21. The van der Waals surface area contributed by atoms with Gasteiger partial charge < -0.3 is 0 Å². The van der Waals surface area contributed by atoms with Crippen LogP contribution in [0.3, 0.4) is 0 Å². The molecule has 0 saturated heterocycles. The van der Waals surface area contributed by atoms with Crippen molar-refractivity contribution in [2.24, 2.45) is 0 Å². The third-order valence-electron chi connectivity index (χ3n) is 6.34. The van der Waals surface area contributed by atoms with Gasteiger partial charge >= 0.3 is 0 Å². The van der Waals surface area contributed by atoms with Crippen molar-refractivity contribution in [3.05, 3.63) is 109 Å². The molecular formula is C30H24N2S. The van der Waals surface area contributed by atoms with Crippen LogP contribution in [0.25, 0.3) is 44.9 Å². The minimum atomic E-state index is -1.24. The molecule has 0 saturated carbocycles. The number of nitrogens with zero attached hydrogens (tertiary/aromatic N) is 2. The molecule has 0 radical (unpaired) electrons. The highest BCUT2D eigenvalue weighted by Crippen LogP contribution is 2.67. The van der Waals surface area contributed by atoms with Crippen molar-refractivity contribution in [2.75, 3.05) is 12.5 Å². The number of fused-ring (bicyclic) bond motifs is 3. The van der Waals surface area contributed by atoms with Crippen LogP contribution in [-0.2, 0) is 0 Å². The molecule has 0 unspecified atom stereocenters. The Balaban J connectivity index is 1.64. The fourth-order valence-electron chi connectivity index (χ4n) is 4.68. The first-order chi connectivity index (χ1) is 16.1. The van der Waals surface area contributed by atoms with Gasteiger partial charge in [0.1, 0.15) is 0 Å². The average molecular weight is 445 g/mol. The lowest BCUT2D eigenvalue weighted by Crippen LogP contribution is -2.01. The molecule has 1 aromatic heterocycles. The molecule has 1 aliphatic heterocycles. The van der Waals surface area contributed by atoms with Gasteiger partial charge in [-0.2, -0.15) is 10.0 Å². The van der Waals surface area contributed by atoms with Crippen molar-refractivity contribution in [3.8, 4) is 44.9 Å². The predicted octanol–water partition coefficient (Wildman–Crippen LogP) is 7.94. The number of benzene rings is 4. The lowest BCUT2D eigenvalue weighted by molar-refractivity contribution is 1.07. The van der Waals surface area contributed by atoms with Gasteiger partial charge in [-0.1, -0.05) is 97.1 Å². The summed E-state index contributed by atoms with van der Waals surface area (Å²) in [5.41, 5.74) is 8.05. The summed E-state index contributed by atoms with van der Waals surface area (Å²) in [6, 6.07) is 38.3. The van der Waals surface area contributed by atoms with E-state index in [0.717, 1.165) is 22.6 Å². The fourth-order valence-corrected chi connectivity index (χ4v) is 7.05. The van der Waals surface area contributed by atoms with Gasteiger partial charge in [-0.15, -0.1) is 0 Å². The van der Waals surface area contributed by atoms with E-state index in [0.29, 0.717) is 0 Å². The molecule has 0 aliphatic carbocycles. The van der Waals surface area contributed by atoms with Gasteiger partial charge in [0.15, 0.2) is 5.82 Å². The molecule has 0 spiro atoms. The van der Waals surface area contributed by atoms with Gasteiger partial charge in [0.25, 0.3) is 0 Å². The monoisotopic (exact) mass is 444 g/mol.